The van der Waals surface area contributed by atoms with E-state index in [1.54, 1.807) is 0 Å². The van der Waals surface area contributed by atoms with Gasteiger partial charge in [0.1, 0.15) is 5.58 Å². The highest BCUT2D eigenvalue weighted by Gasteiger charge is 2.13. The molecule has 0 aliphatic rings. The minimum absolute atomic E-state index is 0.701. The van der Waals surface area contributed by atoms with Crippen molar-refractivity contribution in [1.82, 2.24) is 4.98 Å². The summed E-state index contributed by atoms with van der Waals surface area (Å²) in [4.78, 5) is 4.55. The second-order valence-electron chi connectivity index (χ2n) is 6.54. The van der Waals surface area contributed by atoms with Gasteiger partial charge < -0.3 is 4.42 Å². The van der Waals surface area contributed by atoms with Crippen molar-refractivity contribution < 1.29 is 4.42 Å². The molecule has 0 spiro atoms. The predicted octanol–water partition coefficient (Wildman–Crippen LogP) is 6.62. The number of hydrogen-bond donors (Lipinski definition) is 0. The first-order valence-corrected chi connectivity index (χ1v) is 8.74. The summed E-state index contributed by atoms with van der Waals surface area (Å²) in [5.74, 6) is 0. The van der Waals surface area contributed by atoms with Crippen LogP contribution in [0.4, 0.5) is 0 Å². The molecule has 2 aromatic heterocycles. The summed E-state index contributed by atoms with van der Waals surface area (Å²) in [6.07, 6.45) is 0. The average molecular weight is 335 g/mol. The van der Waals surface area contributed by atoms with Crippen molar-refractivity contribution in [3.8, 4) is 22.3 Å². The van der Waals surface area contributed by atoms with Gasteiger partial charge in [0.25, 0.3) is 0 Å². The minimum atomic E-state index is 0.701. The van der Waals surface area contributed by atoms with Crippen LogP contribution < -0.4 is 0 Å². The highest BCUT2D eigenvalue weighted by Crippen LogP contribution is 2.36. The zero-order valence-electron chi connectivity index (χ0n) is 14.4. The van der Waals surface area contributed by atoms with E-state index in [4.69, 9.17) is 4.42 Å². The fraction of sp³-hybridized carbons (Fsp3) is 0.0417. The molecule has 0 amide bonds. The van der Waals surface area contributed by atoms with Crippen molar-refractivity contribution in [2.24, 2.45) is 0 Å². The molecule has 0 N–H and O–H groups in total. The molecule has 26 heavy (non-hydrogen) atoms. The van der Waals surface area contributed by atoms with E-state index in [-0.39, 0.29) is 0 Å². The first kappa shape index (κ1) is 14.9. The summed E-state index contributed by atoms with van der Waals surface area (Å²) >= 11 is 0. The number of benzene rings is 3. The Morgan fingerprint density at radius 3 is 2.31 bits per heavy atom. The molecule has 5 aromatic rings. The van der Waals surface area contributed by atoms with Gasteiger partial charge in [0.05, 0.1) is 0 Å². The van der Waals surface area contributed by atoms with Gasteiger partial charge in [-0.05, 0) is 41.8 Å². The van der Waals surface area contributed by atoms with Crippen LogP contribution in [-0.4, -0.2) is 4.98 Å². The first-order chi connectivity index (χ1) is 12.8. The topological polar surface area (TPSA) is 26.0 Å². The fourth-order valence-electron chi connectivity index (χ4n) is 3.50. The summed E-state index contributed by atoms with van der Waals surface area (Å²) in [6, 6.07) is 29.4. The third-order valence-electron chi connectivity index (χ3n) is 4.78. The van der Waals surface area contributed by atoms with Gasteiger partial charge in [0, 0.05) is 22.0 Å². The number of furan rings is 1. The van der Waals surface area contributed by atoms with Gasteiger partial charge >= 0.3 is 0 Å². The summed E-state index contributed by atoms with van der Waals surface area (Å²) in [5, 5.41) is 2.17. The Morgan fingerprint density at radius 2 is 1.42 bits per heavy atom. The fourth-order valence-corrected chi connectivity index (χ4v) is 3.50. The molecule has 0 aliphatic heterocycles. The molecular formula is C24H17NO. The highest BCUT2D eigenvalue weighted by atomic mass is 16.3. The standard InChI is InChI=1S/C24H17NO/c1-16-13-14-22-21-12-6-11-20(23(21)26-24(22)25-16)19-10-5-9-18(15-19)17-7-3-2-4-8-17/h2-15H,1H3. The van der Waals surface area contributed by atoms with E-state index in [1.807, 2.05) is 19.1 Å². The smallest absolute Gasteiger partial charge is 0.227 e. The third kappa shape index (κ3) is 2.39. The van der Waals surface area contributed by atoms with Crippen LogP contribution >= 0.6 is 0 Å². The van der Waals surface area contributed by atoms with Crippen LogP contribution in [0.5, 0.6) is 0 Å². The predicted molar refractivity (Wildman–Crippen MR) is 107 cm³/mol. The number of fused-ring (bicyclic) bond motifs is 3. The number of pyridine rings is 1. The molecule has 3 aromatic carbocycles. The van der Waals surface area contributed by atoms with Crippen LogP contribution in [0.1, 0.15) is 5.69 Å². The molecule has 5 rings (SSSR count). The van der Waals surface area contributed by atoms with Crippen LogP contribution in [0.15, 0.2) is 89.3 Å². The van der Waals surface area contributed by atoms with Crippen molar-refractivity contribution in [2.75, 3.05) is 0 Å². The van der Waals surface area contributed by atoms with E-state index in [1.165, 1.54) is 11.1 Å². The van der Waals surface area contributed by atoms with Crippen LogP contribution in [0, 0.1) is 6.92 Å². The number of aryl methyl sites for hydroxylation is 1. The summed E-state index contributed by atoms with van der Waals surface area (Å²) in [6.45, 7) is 1.98. The lowest BCUT2D eigenvalue weighted by Gasteiger charge is -2.06. The van der Waals surface area contributed by atoms with Crippen LogP contribution in [0.2, 0.25) is 0 Å². The summed E-state index contributed by atoms with van der Waals surface area (Å²) in [5.41, 5.74) is 7.21. The lowest BCUT2D eigenvalue weighted by molar-refractivity contribution is 0.653. The Balaban J connectivity index is 1.73. The van der Waals surface area contributed by atoms with E-state index in [0.717, 1.165) is 33.2 Å². The molecule has 124 valence electrons. The Kier molecular flexibility index (Phi) is 3.36. The molecule has 2 nitrogen and oxygen atoms in total. The Morgan fingerprint density at radius 1 is 0.654 bits per heavy atom. The molecule has 0 saturated carbocycles. The Bertz CT molecular complexity index is 1240. The van der Waals surface area contributed by atoms with Gasteiger partial charge in [-0.1, -0.05) is 66.7 Å². The molecule has 0 aliphatic carbocycles. The van der Waals surface area contributed by atoms with E-state index in [2.05, 4.69) is 77.8 Å². The molecule has 0 atom stereocenters. The normalized spacial score (nSPS) is 11.3. The van der Waals surface area contributed by atoms with Gasteiger partial charge in [-0.2, -0.15) is 0 Å². The highest BCUT2D eigenvalue weighted by molar-refractivity contribution is 6.08. The van der Waals surface area contributed by atoms with Crippen LogP contribution in [0.25, 0.3) is 44.3 Å². The van der Waals surface area contributed by atoms with Crippen molar-refractivity contribution in [3.05, 3.63) is 90.6 Å². The molecule has 2 heteroatoms. The molecule has 0 fully saturated rings. The maximum atomic E-state index is 6.15. The molecular weight excluding hydrogens is 318 g/mol. The largest absolute Gasteiger partial charge is 0.437 e. The zero-order valence-corrected chi connectivity index (χ0v) is 14.4. The van der Waals surface area contributed by atoms with Crippen molar-refractivity contribution >= 4 is 22.1 Å². The first-order valence-electron chi connectivity index (χ1n) is 8.74. The number of para-hydroxylation sites is 1. The van der Waals surface area contributed by atoms with Crippen molar-refractivity contribution in [1.29, 1.82) is 0 Å². The number of rotatable bonds is 2. The SMILES string of the molecule is Cc1ccc2c(n1)oc1c(-c3cccc(-c4ccccc4)c3)cccc12. The second kappa shape index (κ2) is 5.85. The third-order valence-corrected chi connectivity index (χ3v) is 4.78. The summed E-state index contributed by atoms with van der Waals surface area (Å²) < 4.78 is 6.15. The number of aromatic nitrogens is 1. The Hall–Kier alpha value is -3.39. The quantitative estimate of drug-likeness (QED) is 0.362. The van der Waals surface area contributed by atoms with Gasteiger partial charge in [-0.25, -0.2) is 4.98 Å². The van der Waals surface area contributed by atoms with E-state index in [9.17, 15) is 0 Å². The number of hydrogen-bond acceptors (Lipinski definition) is 2. The lowest BCUT2D eigenvalue weighted by atomic mass is 9.98. The zero-order chi connectivity index (χ0) is 17.5. The van der Waals surface area contributed by atoms with Gasteiger partial charge in [0.15, 0.2) is 0 Å². The Labute approximate surface area is 151 Å². The molecule has 0 saturated heterocycles. The van der Waals surface area contributed by atoms with E-state index in [0.29, 0.717) is 5.71 Å². The van der Waals surface area contributed by atoms with Crippen LogP contribution in [0.3, 0.4) is 0 Å². The maximum Gasteiger partial charge on any atom is 0.227 e. The summed E-state index contributed by atoms with van der Waals surface area (Å²) in [7, 11) is 0. The van der Waals surface area contributed by atoms with Gasteiger partial charge in [-0.15, -0.1) is 0 Å². The molecule has 0 unspecified atom stereocenters. The molecule has 2 heterocycles. The number of nitrogens with zero attached hydrogens (tertiary/aromatic N) is 1. The van der Waals surface area contributed by atoms with E-state index < -0.39 is 0 Å². The van der Waals surface area contributed by atoms with Crippen LogP contribution in [-0.2, 0) is 0 Å². The molecule has 0 bridgehead atoms. The maximum absolute atomic E-state index is 6.15. The van der Waals surface area contributed by atoms with Crippen molar-refractivity contribution in [3.63, 3.8) is 0 Å². The molecule has 0 radical (unpaired) electrons. The monoisotopic (exact) mass is 335 g/mol. The lowest BCUT2D eigenvalue weighted by Crippen LogP contribution is -1.82. The van der Waals surface area contributed by atoms with E-state index >= 15 is 0 Å². The average Bonchev–Trinajstić information content (AvgIpc) is 3.06. The second-order valence-corrected chi connectivity index (χ2v) is 6.54. The minimum Gasteiger partial charge on any atom is -0.437 e. The van der Waals surface area contributed by atoms with Gasteiger partial charge in [-0.3, -0.25) is 0 Å². The van der Waals surface area contributed by atoms with Gasteiger partial charge in [0.2, 0.25) is 5.71 Å². The van der Waals surface area contributed by atoms with Crippen molar-refractivity contribution in [2.45, 2.75) is 6.92 Å².